The molecule has 2 heterocycles. The van der Waals surface area contributed by atoms with Gasteiger partial charge in [-0.2, -0.15) is 13.2 Å². The van der Waals surface area contributed by atoms with E-state index in [4.69, 9.17) is 0 Å². The summed E-state index contributed by atoms with van der Waals surface area (Å²) in [5.41, 5.74) is -0.668. The summed E-state index contributed by atoms with van der Waals surface area (Å²) in [6, 6.07) is 4.99. The summed E-state index contributed by atoms with van der Waals surface area (Å²) in [6.45, 7) is 1.68. The lowest BCUT2D eigenvalue weighted by atomic mass is 10.0. The molecular formula is C19H11BrF6N2S. The Morgan fingerprint density at radius 1 is 0.966 bits per heavy atom. The van der Waals surface area contributed by atoms with E-state index in [9.17, 15) is 26.3 Å². The van der Waals surface area contributed by atoms with Crippen molar-refractivity contribution in [2.45, 2.75) is 23.2 Å². The third-order valence-electron chi connectivity index (χ3n) is 4.02. The minimum atomic E-state index is -4.62. The van der Waals surface area contributed by atoms with E-state index >= 15 is 0 Å². The highest BCUT2D eigenvalue weighted by Gasteiger charge is 2.32. The first-order valence-corrected chi connectivity index (χ1v) is 9.70. The first-order valence-electron chi connectivity index (χ1n) is 8.03. The van der Waals surface area contributed by atoms with Gasteiger partial charge in [0.15, 0.2) is 11.6 Å². The van der Waals surface area contributed by atoms with E-state index in [2.05, 4.69) is 25.9 Å². The van der Waals surface area contributed by atoms with E-state index in [0.29, 0.717) is 21.8 Å². The maximum absolute atomic E-state index is 14.5. The van der Waals surface area contributed by atoms with Crippen molar-refractivity contribution in [2.75, 3.05) is 0 Å². The average molecular weight is 493 g/mol. The summed E-state index contributed by atoms with van der Waals surface area (Å²) in [7, 11) is 0. The Kier molecular flexibility index (Phi) is 6.23. The van der Waals surface area contributed by atoms with Crippen LogP contribution in [0.1, 0.15) is 27.6 Å². The van der Waals surface area contributed by atoms with Gasteiger partial charge in [0, 0.05) is 22.9 Å². The largest absolute Gasteiger partial charge is 0.433 e. The van der Waals surface area contributed by atoms with Gasteiger partial charge in [0.05, 0.1) is 5.25 Å². The molecule has 1 atom stereocenters. The molecule has 152 valence electrons. The lowest BCUT2D eigenvalue weighted by Gasteiger charge is -2.21. The number of halogens is 7. The molecule has 0 aliphatic carbocycles. The van der Waals surface area contributed by atoms with Crippen LogP contribution in [-0.4, -0.2) is 9.97 Å². The molecule has 1 aromatic carbocycles. The average Bonchev–Trinajstić information content (AvgIpc) is 2.64. The maximum Gasteiger partial charge on any atom is 0.433 e. The second-order valence-electron chi connectivity index (χ2n) is 6.00. The summed E-state index contributed by atoms with van der Waals surface area (Å²) >= 11 is 4.03. The van der Waals surface area contributed by atoms with E-state index in [0.717, 1.165) is 36.2 Å². The molecule has 0 amide bonds. The highest BCUT2D eigenvalue weighted by Crippen LogP contribution is 2.44. The summed E-state index contributed by atoms with van der Waals surface area (Å²) in [4.78, 5) is 7.63. The van der Waals surface area contributed by atoms with Crippen LogP contribution in [0.5, 0.6) is 0 Å². The van der Waals surface area contributed by atoms with Gasteiger partial charge < -0.3 is 0 Å². The van der Waals surface area contributed by atoms with Crippen molar-refractivity contribution in [3.63, 3.8) is 0 Å². The molecule has 0 saturated carbocycles. The number of benzene rings is 1. The minimum Gasteiger partial charge on any atom is -0.251 e. The Labute approximate surface area is 174 Å². The lowest BCUT2D eigenvalue weighted by Crippen LogP contribution is -2.09. The summed E-state index contributed by atoms with van der Waals surface area (Å²) in [5.74, 6) is -3.59. The molecule has 3 rings (SSSR count). The van der Waals surface area contributed by atoms with Gasteiger partial charge in [0.2, 0.25) is 0 Å². The fourth-order valence-electron chi connectivity index (χ4n) is 2.62. The van der Waals surface area contributed by atoms with Gasteiger partial charge in [-0.25, -0.2) is 18.2 Å². The Bertz CT molecular complexity index is 1040. The van der Waals surface area contributed by atoms with Crippen LogP contribution in [0.2, 0.25) is 0 Å². The van der Waals surface area contributed by atoms with E-state index in [1.54, 1.807) is 13.0 Å². The molecule has 0 saturated heterocycles. The fourth-order valence-corrected chi connectivity index (χ4v) is 4.31. The molecule has 0 bridgehead atoms. The quantitative estimate of drug-likeness (QED) is 0.172. The molecule has 0 aliphatic rings. The van der Waals surface area contributed by atoms with Gasteiger partial charge in [0.25, 0.3) is 0 Å². The molecule has 0 N–H and O–H groups in total. The van der Waals surface area contributed by atoms with Crippen molar-refractivity contribution >= 4 is 27.7 Å². The number of hydrogen-bond acceptors (Lipinski definition) is 3. The van der Waals surface area contributed by atoms with Gasteiger partial charge in [-0.3, -0.25) is 4.98 Å². The number of hydrogen-bond donors (Lipinski definition) is 0. The number of alkyl halides is 3. The zero-order valence-electron chi connectivity index (χ0n) is 14.6. The van der Waals surface area contributed by atoms with Crippen LogP contribution in [0.3, 0.4) is 0 Å². The zero-order valence-corrected chi connectivity index (χ0v) is 17.0. The first-order chi connectivity index (χ1) is 13.6. The van der Waals surface area contributed by atoms with Crippen molar-refractivity contribution in [2.24, 2.45) is 0 Å². The number of aryl methyl sites for hydroxylation is 1. The van der Waals surface area contributed by atoms with Crippen molar-refractivity contribution in [3.05, 3.63) is 87.2 Å². The molecule has 2 nitrogen and oxygen atoms in total. The summed E-state index contributed by atoms with van der Waals surface area (Å²) in [6.07, 6.45) is -2.29. The second kappa shape index (κ2) is 8.35. The van der Waals surface area contributed by atoms with Crippen LogP contribution < -0.4 is 0 Å². The van der Waals surface area contributed by atoms with Crippen LogP contribution in [0.15, 0.2) is 52.2 Å². The SMILES string of the molecule is Cc1cc(Br)ncc1C(Sc1ccc(C(F)(F)F)nc1)c1c(F)ccc(F)c1F. The van der Waals surface area contributed by atoms with Crippen molar-refractivity contribution < 1.29 is 26.3 Å². The second-order valence-corrected chi connectivity index (χ2v) is 7.99. The Balaban J connectivity index is 2.10. The van der Waals surface area contributed by atoms with Crippen molar-refractivity contribution in [1.29, 1.82) is 0 Å². The van der Waals surface area contributed by atoms with Crippen LogP contribution in [0.25, 0.3) is 0 Å². The van der Waals surface area contributed by atoms with Gasteiger partial charge in [0.1, 0.15) is 16.1 Å². The van der Waals surface area contributed by atoms with E-state index in [-0.39, 0.29) is 4.90 Å². The molecule has 0 fully saturated rings. The van der Waals surface area contributed by atoms with Gasteiger partial charge in [-0.1, -0.05) is 0 Å². The number of aromatic nitrogens is 2. The maximum atomic E-state index is 14.5. The van der Waals surface area contributed by atoms with Gasteiger partial charge >= 0.3 is 6.18 Å². The molecule has 2 aromatic heterocycles. The third-order valence-corrected chi connectivity index (χ3v) is 5.70. The highest BCUT2D eigenvalue weighted by atomic mass is 79.9. The zero-order chi connectivity index (χ0) is 21.3. The van der Waals surface area contributed by atoms with Gasteiger partial charge in [-0.15, -0.1) is 11.8 Å². The summed E-state index contributed by atoms with van der Waals surface area (Å²) < 4.78 is 81.5. The van der Waals surface area contributed by atoms with Crippen LogP contribution in [-0.2, 0) is 6.18 Å². The standard InChI is InChI=1S/C19H11BrF6N2S/c1-9-6-15(20)28-8-11(9)18(16-12(21)3-4-13(22)17(16)23)29-10-2-5-14(27-7-10)19(24,25)26/h2-8,18H,1H3. The Morgan fingerprint density at radius 2 is 1.66 bits per heavy atom. The first kappa shape index (κ1) is 21.6. The predicted molar refractivity (Wildman–Crippen MR) is 99.9 cm³/mol. The molecule has 3 aromatic rings. The van der Waals surface area contributed by atoms with Crippen LogP contribution in [0.4, 0.5) is 26.3 Å². The number of rotatable bonds is 4. The molecule has 10 heteroatoms. The third kappa shape index (κ3) is 4.75. The van der Waals surface area contributed by atoms with E-state index < -0.39 is 40.1 Å². The molecular weight excluding hydrogens is 482 g/mol. The van der Waals surface area contributed by atoms with E-state index in [1.165, 1.54) is 6.20 Å². The Hall–Kier alpha value is -2.07. The molecule has 0 aliphatic heterocycles. The fraction of sp³-hybridized carbons (Fsp3) is 0.158. The molecule has 0 spiro atoms. The van der Waals surface area contributed by atoms with E-state index in [1.807, 2.05) is 0 Å². The Morgan fingerprint density at radius 3 is 2.24 bits per heavy atom. The van der Waals surface area contributed by atoms with Crippen molar-refractivity contribution in [3.8, 4) is 0 Å². The number of thioether (sulfide) groups is 1. The smallest absolute Gasteiger partial charge is 0.251 e. The monoisotopic (exact) mass is 492 g/mol. The van der Waals surface area contributed by atoms with Crippen LogP contribution >= 0.6 is 27.7 Å². The number of pyridine rings is 2. The minimum absolute atomic E-state index is 0.216. The highest BCUT2D eigenvalue weighted by molar-refractivity contribution is 9.10. The topological polar surface area (TPSA) is 25.8 Å². The van der Waals surface area contributed by atoms with Crippen molar-refractivity contribution in [1.82, 2.24) is 9.97 Å². The lowest BCUT2D eigenvalue weighted by molar-refractivity contribution is -0.141. The molecule has 1 unspecified atom stereocenters. The number of nitrogens with zero attached hydrogens (tertiary/aromatic N) is 2. The normalized spacial score (nSPS) is 12.8. The van der Waals surface area contributed by atoms with Gasteiger partial charge in [-0.05, 0) is 64.3 Å². The summed E-state index contributed by atoms with van der Waals surface area (Å²) in [5, 5.41) is -1.11. The molecule has 0 radical (unpaired) electrons. The van der Waals surface area contributed by atoms with Crippen LogP contribution in [0, 0.1) is 24.4 Å². The molecule has 29 heavy (non-hydrogen) atoms. The predicted octanol–water partition coefficient (Wildman–Crippen LogP) is 6.87.